The summed E-state index contributed by atoms with van der Waals surface area (Å²) in [7, 11) is 0. The molecule has 1 heterocycles. The number of amides is 3. The first-order chi connectivity index (χ1) is 16.8. The van der Waals surface area contributed by atoms with Crippen molar-refractivity contribution in [1.29, 1.82) is 0 Å². The molecule has 1 aliphatic heterocycles. The molecule has 3 aromatic rings. The zero-order chi connectivity index (χ0) is 24.6. The number of nitrogens with one attached hydrogen (secondary N) is 2. The SMILES string of the molecule is CC(C)(C(=O)Nc1ccc(N2C(=O)CC(=O)NC3=c4ccccc4=CCC32)cc1)c1ccccc1. The van der Waals surface area contributed by atoms with Gasteiger partial charge in [0.05, 0.1) is 11.5 Å². The van der Waals surface area contributed by atoms with Crippen LogP contribution in [0.1, 0.15) is 32.3 Å². The van der Waals surface area contributed by atoms with Crippen LogP contribution in [0.2, 0.25) is 0 Å². The summed E-state index contributed by atoms with van der Waals surface area (Å²) in [6, 6.07) is 24.4. The molecule has 35 heavy (non-hydrogen) atoms. The van der Waals surface area contributed by atoms with Gasteiger partial charge in [-0.2, -0.15) is 0 Å². The van der Waals surface area contributed by atoms with Crippen LogP contribution >= 0.6 is 0 Å². The summed E-state index contributed by atoms with van der Waals surface area (Å²) >= 11 is 0. The van der Waals surface area contributed by atoms with E-state index in [-0.39, 0.29) is 30.2 Å². The first-order valence-electron chi connectivity index (χ1n) is 11.7. The Morgan fingerprint density at radius 1 is 0.943 bits per heavy atom. The molecule has 6 heteroatoms. The lowest BCUT2D eigenvalue weighted by Crippen LogP contribution is -2.47. The molecular formula is C29H27N3O3. The van der Waals surface area contributed by atoms with Crippen molar-refractivity contribution in [2.45, 2.75) is 38.1 Å². The van der Waals surface area contributed by atoms with Crippen LogP contribution < -0.4 is 26.0 Å². The molecule has 3 amide bonds. The van der Waals surface area contributed by atoms with Crippen LogP contribution in [0.3, 0.4) is 0 Å². The second-order valence-electron chi connectivity index (χ2n) is 9.44. The van der Waals surface area contributed by atoms with E-state index in [4.69, 9.17) is 0 Å². The molecule has 2 aliphatic rings. The van der Waals surface area contributed by atoms with Crippen molar-refractivity contribution in [3.05, 3.63) is 94.9 Å². The average molecular weight is 466 g/mol. The molecule has 0 radical (unpaired) electrons. The average Bonchev–Trinajstić information content (AvgIpc) is 2.99. The molecule has 3 aromatic carbocycles. The van der Waals surface area contributed by atoms with Gasteiger partial charge in [0.25, 0.3) is 0 Å². The molecular weight excluding hydrogens is 438 g/mol. The summed E-state index contributed by atoms with van der Waals surface area (Å²) < 4.78 is 0. The van der Waals surface area contributed by atoms with E-state index in [0.29, 0.717) is 17.8 Å². The van der Waals surface area contributed by atoms with Crippen LogP contribution in [0, 0.1) is 0 Å². The normalized spacial score (nSPS) is 17.5. The fourth-order valence-electron chi connectivity index (χ4n) is 4.73. The van der Waals surface area contributed by atoms with Gasteiger partial charge in [0.2, 0.25) is 17.7 Å². The second kappa shape index (κ2) is 8.87. The van der Waals surface area contributed by atoms with Crippen molar-refractivity contribution in [1.82, 2.24) is 5.32 Å². The number of rotatable bonds is 4. The number of hydrogen-bond donors (Lipinski definition) is 2. The number of carbonyl (C=O) groups excluding carboxylic acids is 3. The van der Waals surface area contributed by atoms with Crippen LogP contribution in [-0.4, -0.2) is 23.8 Å². The van der Waals surface area contributed by atoms with Crippen molar-refractivity contribution >= 4 is 40.9 Å². The Bertz CT molecular complexity index is 1430. The fraction of sp³-hybridized carbons (Fsp3) is 0.207. The van der Waals surface area contributed by atoms with E-state index in [9.17, 15) is 14.4 Å². The minimum atomic E-state index is -0.706. The first-order valence-corrected chi connectivity index (χ1v) is 11.7. The van der Waals surface area contributed by atoms with E-state index in [2.05, 4.69) is 16.7 Å². The van der Waals surface area contributed by atoms with Crippen LogP contribution in [0.5, 0.6) is 0 Å². The van der Waals surface area contributed by atoms with E-state index in [0.717, 1.165) is 21.7 Å². The van der Waals surface area contributed by atoms with Crippen molar-refractivity contribution in [3.63, 3.8) is 0 Å². The molecule has 0 aromatic heterocycles. The van der Waals surface area contributed by atoms with Gasteiger partial charge in [-0.1, -0.05) is 60.7 Å². The topological polar surface area (TPSA) is 78.5 Å². The Hall–Kier alpha value is -4.19. The van der Waals surface area contributed by atoms with Crippen LogP contribution in [-0.2, 0) is 19.8 Å². The maximum absolute atomic E-state index is 13.1. The highest BCUT2D eigenvalue weighted by Gasteiger charge is 2.35. The number of anilines is 2. The predicted octanol–water partition coefficient (Wildman–Crippen LogP) is 2.82. The third kappa shape index (κ3) is 4.23. The molecule has 5 rings (SSSR count). The van der Waals surface area contributed by atoms with E-state index >= 15 is 0 Å². The van der Waals surface area contributed by atoms with Crippen molar-refractivity contribution < 1.29 is 14.4 Å². The standard InChI is InChI=1S/C29H27N3O3/c1-29(2,20-9-4-3-5-10-20)28(35)30-21-13-15-22(16-14-21)32-24-17-12-19-8-6-7-11-23(19)27(24)31-25(33)18-26(32)34/h3-16,24H,17-18H2,1-2H3,(H,30,35)(H,31,33). The number of nitrogens with zero attached hydrogens (tertiary/aromatic N) is 1. The predicted molar refractivity (Wildman–Crippen MR) is 137 cm³/mol. The Balaban J connectivity index is 1.43. The Morgan fingerprint density at radius 3 is 2.37 bits per heavy atom. The largest absolute Gasteiger partial charge is 0.327 e. The maximum atomic E-state index is 13.1. The van der Waals surface area contributed by atoms with Gasteiger partial charge < -0.3 is 15.5 Å². The minimum absolute atomic E-state index is 0.119. The van der Waals surface area contributed by atoms with Gasteiger partial charge in [0, 0.05) is 22.3 Å². The van der Waals surface area contributed by atoms with Gasteiger partial charge in [-0.05, 0) is 55.3 Å². The Morgan fingerprint density at radius 2 is 1.63 bits per heavy atom. The van der Waals surface area contributed by atoms with Crippen LogP contribution in [0.25, 0.3) is 11.8 Å². The van der Waals surface area contributed by atoms with Gasteiger partial charge in [-0.25, -0.2) is 0 Å². The molecule has 1 aliphatic carbocycles. The molecule has 1 unspecified atom stereocenters. The molecule has 1 fully saturated rings. The first kappa shape index (κ1) is 22.6. The maximum Gasteiger partial charge on any atom is 0.237 e. The number of hydrogen-bond acceptors (Lipinski definition) is 3. The summed E-state index contributed by atoms with van der Waals surface area (Å²) in [5.41, 5.74) is 2.30. The zero-order valence-electron chi connectivity index (χ0n) is 19.7. The van der Waals surface area contributed by atoms with E-state index in [1.54, 1.807) is 17.0 Å². The van der Waals surface area contributed by atoms with E-state index in [1.165, 1.54) is 0 Å². The quantitative estimate of drug-likeness (QED) is 0.582. The summed E-state index contributed by atoms with van der Waals surface area (Å²) in [6.07, 6.45) is 2.48. The lowest BCUT2D eigenvalue weighted by molar-refractivity contribution is -0.126. The third-order valence-electron chi connectivity index (χ3n) is 6.78. The van der Waals surface area contributed by atoms with E-state index in [1.807, 2.05) is 80.6 Å². The highest BCUT2D eigenvalue weighted by Crippen LogP contribution is 2.29. The van der Waals surface area contributed by atoms with Crippen molar-refractivity contribution in [2.24, 2.45) is 0 Å². The summed E-state index contributed by atoms with van der Waals surface area (Å²) in [5.74, 6) is -0.676. The second-order valence-corrected chi connectivity index (χ2v) is 9.44. The molecule has 0 bridgehead atoms. The molecule has 176 valence electrons. The lowest BCUT2D eigenvalue weighted by atomic mass is 9.83. The molecule has 1 atom stereocenters. The Kier molecular flexibility index (Phi) is 5.73. The molecule has 0 spiro atoms. The number of fused-ring (bicyclic) bond motifs is 2. The van der Waals surface area contributed by atoms with Gasteiger partial charge in [0.1, 0.15) is 6.42 Å². The lowest BCUT2D eigenvalue weighted by Gasteiger charge is -2.32. The number of benzene rings is 3. The zero-order valence-corrected chi connectivity index (χ0v) is 19.7. The summed E-state index contributed by atoms with van der Waals surface area (Å²) in [4.78, 5) is 40.3. The highest BCUT2D eigenvalue weighted by molar-refractivity contribution is 6.10. The van der Waals surface area contributed by atoms with Crippen LogP contribution in [0.4, 0.5) is 11.4 Å². The third-order valence-corrected chi connectivity index (χ3v) is 6.78. The van der Waals surface area contributed by atoms with Gasteiger partial charge in [-0.3, -0.25) is 14.4 Å². The smallest absolute Gasteiger partial charge is 0.237 e. The van der Waals surface area contributed by atoms with Crippen molar-refractivity contribution in [3.8, 4) is 0 Å². The van der Waals surface area contributed by atoms with Gasteiger partial charge >= 0.3 is 0 Å². The molecule has 0 saturated carbocycles. The van der Waals surface area contributed by atoms with Gasteiger partial charge in [-0.15, -0.1) is 0 Å². The Labute approximate surface area is 204 Å². The highest BCUT2D eigenvalue weighted by atomic mass is 16.2. The van der Waals surface area contributed by atoms with Crippen LogP contribution in [0.15, 0.2) is 78.9 Å². The molecule has 1 saturated heterocycles. The molecule has 6 nitrogen and oxygen atoms in total. The monoisotopic (exact) mass is 465 g/mol. The van der Waals surface area contributed by atoms with Crippen molar-refractivity contribution in [2.75, 3.05) is 10.2 Å². The minimum Gasteiger partial charge on any atom is -0.327 e. The fourth-order valence-corrected chi connectivity index (χ4v) is 4.73. The summed E-state index contributed by atoms with van der Waals surface area (Å²) in [5, 5.41) is 7.95. The van der Waals surface area contributed by atoms with Gasteiger partial charge in [0.15, 0.2) is 0 Å². The van der Waals surface area contributed by atoms with E-state index < -0.39 is 5.41 Å². The summed E-state index contributed by atoms with van der Waals surface area (Å²) in [6.45, 7) is 3.78. The number of carbonyl (C=O) groups is 3. The molecule has 2 N–H and O–H groups in total.